The Morgan fingerprint density at radius 2 is 2.08 bits per heavy atom. The first-order chi connectivity index (χ1) is 12.4. The van der Waals surface area contributed by atoms with Crippen molar-refractivity contribution in [1.29, 1.82) is 0 Å². The summed E-state index contributed by atoms with van der Waals surface area (Å²) < 4.78 is 5.85. The highest BCUT2D eigenvalue weighted by Gasteiger charge is 2.20. The third-order valence-electron chi connectivity index (χ3n) is 4.79. The molecule has 2 heterocycles. The first kappa shape index (κ1) is 16.0. The number of aromatic amines is 1. The Morgan fingerprint density at radius 3 is 3.08 bits per heavy atom. The summed E-state index contributed by atoms with van der Waals surface area (Å²) in [7, 11) is 0. The number of fused-ring (bicyclic) bond motifs is 2. The summed E-state index contributed by atoms with van der Waals surface area (Å²) in [5.41, 5.74) is 4.69. The Labute approximate surface area is 147 Å². The Balaban J connectivity index is 1.15. The molecule has 0 saturated heterocycles. The molecule has 0 fully saturated rings. The number of H-pyrrole nitrogens is 1. The molecule has 25 heavy (non-hydrogen) atoms. The summed E-state index contributed by atoms with van der Waals surface area (Å²) >= 11 is 0. The molecule has 3 aromatic rings. The highest BCUT2D eigenvalue weighted by Crippen LogP contribution is 2.33. The topological polar surface area (TPSA) is 62.0 Å². The van der Waals surface area contributed by atoms with Gasteiger partial charge in [-0.05, 0) is 43.1 Å². The minimum absolute atomic E-state index is 0.645. The second kappa shape index (κ2) is 7.57. The number of imidazole rings is 1. The van der Waals surface area contributed by atoms with Crippen LogP contribution in [0, 0.1) is 0 Å². The van der Waals surface area contributed by atoms with E-state index in [0.29, 0.717) is 12.5 Å². The van der Waals surface area contributed by atoms with Crippen LogP contribution >= 0.6 is 0 Å². The Morgan fingerprint density at radius 1 is 1.12 bits per heavy atom. The van der Waals surface area contributed by atoms with Crippen LogP contribution in [0.5, 0.6) is 5.75 Å². The van der Waals surface area contributed by atoms with Gasteiger partial charge < -0.3 is 20.4 Å². The number of hydrogen-bond donors (Lipinski definition) is 3. The second-order valence-corrected chi connectivity index (χ2v) is 6.46. The van der Waals surface area contributed by atoms with Gasteiger partial charge in [0.05, 0.1) is 11.8 Å². The van der Waals surface area contributed by atoms with Crippen LogP contribution in [0.4, 0.5) is 5.69 Å². The van der Waals surface area contributed by atoms with Gasteiger partial charge in [-0.25, -0.2) is 4.98 Å². The molecule has 4 rings (SSSR count). The first-order valence-electron chi connectivity index (χ1n) is 9.00. The van der Waals surface area contributed by atoms with E-state index in [1.54, 1.807) is 6.33 Å². The lowest BCUT2D eigenvalue weighted by atomic mass is 9.96. The molecule has 130 valence electrons. The fraction of sp³-hybridized carbons (Fsp3) is 0.350. The average Bonchev–Trinajstić information content (AvgIpc) is 3.28. The van der Waals surface area contributed by atoms with Crippen molar-refractivity contribution in [2.75, 3.05) is 31.6 Å². The van der Waals surface area contributed by atoms with E-state index in [1.807, 2.05) is 18.2 Å². The fourth-order valence-corrected chi connectivity index (χ4v) is 3.50. The SMILES string of the molecule is c1ccc2c(c1)NCC2CCCNCCOc1cccc2[nH]cnc12. The van der Waals surface area contributed by atoms with Crippen molar-refractivity contribution in [3.63, 3.8) is 0 Å². The summed E-state index contributed by atoms with van der Waals surface area (Å²) in [6.45, 7) is 3.59. The van der Waals surface area contributed by atoms with Gasteiger partial charge in [0.25, 0.3) is 0 Å². The van der Waals surface area contributed by atoms with Crippen LogP contribution in [0.2, 0.25) is 0 Å². The van der Waals surface area contributed by atoms with E-state index in [9.17, 15) is 0 Å². The lowest BCUT2D eigenvalue weighted by Crippen LogP contribution is -2.22. The largest absolute Gasteiger partial charge is 0.490 e. The van der Waals surface area contributed by atoms with E-state index in [2.05, 4.69) is 44.9 Å². The summed E-state index contributed by atoms with van der Waals surface area (Å²) in [6, 6.07) is 14.6. The highest BCUT2D eigenvalue weighted by atomic mass is 16.5. The van der Waals surface area contributed by atoms with Gasteiger partial charge in [0.15, 0.2) is 0 Å². The Kier molecular flexibility index (Phi) is 4.84. The summed E-state index contributed by atoms with van der Waals surface area (Å²) in [5.74, 6) is 1.49. The smallest absolute Gasteiger partial charge is 0.147 e. The number of benzene rings is 2. The van der Waals surface area contributed by atoms with Crippen LogP contribution < -0.4 is 15.4 Å². The second-order valence-electron chi connectivity index (χ2n) is 6.46. The molecule has 1 aromatic heterocycles. The van der Waals surface area contributed by atoms with E-state index in [4.69, 9.17) is 4.74 Å². The lowest BCUT2D eigenvalue weighted by Gasteiger charge is -2.11. The van der Waals surface area contributed by atoms with Gasteiger partial charge in [-0.15, -0.1) is 0 Å². The van der Waals surface area contributed by atoms with Crippen molar-refractivity contribution in [3.8, 4) is 5.75 Å². The molecule has 1 unspecified atom stereocenters. The molecule has 0 bridgehead atoms. The van der Waals surface area contributed by atoms with Crippen molar-refractivity contribution in [2.45, 2.75) is 18.8 Å². The van der Waals surface area contributed by atoms with E-state index in [-0.39, 0.29) is 0 Å². The van der Waals surface area contributed by atoms with Crippen LogP contribution in [-0.4, -0.2) is 36.2 Å². The maximum Gasteiger partial charge on any atom is 0.147 e. The fourth-order valence-electron chi connectivity index (χ4n) is 3.50. The molecule has 0 amide bonds. The quantitative estimate of drug-likeness (QED) is 0.551. The normalized spacial score (nSPS) is 15.9. The third kappa shape index (κ3) is 3.61. The zero-order chi connectivity index (χ0) is 16.9. The van der Waals surface area contributed by atoms with Gasteiger partial charge in [0, 0.05) is 24.7 Å². The van der Waals surface area contributed by atoms with Crippen LogP contribution in [0.1, 0.15) is 24.3 Å². The molecule has 2 aromatic carbocycles. The third-order valence-corrected chi connectivity index (χ3v) is 4.79. The van der Waals surface area contributed by atoms with Crippen LogP contribution in [0.25, 0.3) is 11.0 Å². The zero-order valence-electron chi connectivity index (χ0n) is 14.3. The standard InChI is InChI=1S/C20H24N4O/c1-2-7-17-16(6-1)15(13-22-17)5-4-10-21-11-12-25-19-9-3-8-18-20(19)24-14-23-18/h1-3,6-9,14-15,21-22H,4-5,10-13H2,(H,23,24). The van der Waals surface area contributed by atoms with Gasteiger partial charge in [-0.1, -0.05) is 24.3 Å². The zero-order valence-corrected chi connectivity index (χ0v) is 14.3. The Bertz CT molecular complexity index is 829. The number of hydrogen-bond acceptors (Lipinski definition) is 4. The average molecular weight is 336 g/mol. The Hall–Kier alpha value is -2.53. The van der Waals surface area contributed by atoms with E-state index >= 15 is 0 Å². The number of anilines is 1. The summed E-state index contributed by atoms with van der Waals surface area (Å²) in [4.78, 5) is 7.40. The van der Waals surface area contributed by atoms with Crippen molar-refractivity contribution < 1.29 is 4.74 Å². The molecule has 1 aliphatic rings. The molecular weight excluding hydrogens is 312 g/mol. The summed E-state index contributed by atoms with van der Waals surface area (Å²) in [6.07, 6.45) is 4.09. The molecule has 0 spiro atoms. The molecular formula is C20H24N4O. The van der Waals surface area contributed by atoms with Gasteiger partial charge in [0.1, 0.15) is 17.9 Å². The number of aromatic nitrogens is 2. The predicted molar refractivity (Wildman–Crippen MR) is 101 cm³/mol. The van der Waals surface area contributed by atoms with Gasteiger partial charge >= 0.3 is 0 Å². The number of rotatable bonds is 8. The van der Waals surface area contributed by atoms with Crippen molar-refractivity contribution in [2.24, 2.45) is 0 Å². The maximum atomic E-state index is 5.85. The number of para-hydroxylation sites is 2. The van der Waals surface area contributed by atoms with Crippen molar-refractivity contribution >= 4 is 16.7 Å². The van der Waals surface area contributed by atoms with E-state index < -0.39 is 0 Å². The molecule has 0 radical (unpaired) electrons. The van der Waals surface area contributed by atoms with Crippen molar-refractivity contribution in [3.05, 3.63) is 54.4 Å². The lowest BCUT2D eigenvalue weighted by molar-refractivity contribution is 0.316. The molecule has 5 nitrogen and oxygen atoms in total. The minimum atomic E-state index is 0.645. The predicted octanol–water partition coefficient (Wildman–Crippen LogP) is 3.52. The molecule has 1 atom stereocenters. The monoisotopic (exact) mass is 336 g/mol. The first-order valence-corrected chi connectivity index (χ1v) is 9.00. The minimum Gasteiger partial charge on any atom is -0.490 e. The van der Waals surface area contributed by atoms with Crippen LogP contribution in [0.15, 0.2) is 48.8 Å². The van der Waals surface area contributed by atoms with E-state index in [1.165, 1.54) is 24.1 Å². The number of nitrogens with one attached hydrogen (secondary N) is 3. The number of nitrogens with zero attached hydrogens (tertiary/aromatic N) is 1. The highest BCUT2D eigenvalue weighted by molar-refractivity contribution is 5.81. The molecule has 0 aliphatic carbocycles. The van der Waals surface area contributed by atoms with Gasteiger partial charge in [0.2, 0.25) is 0 Å². The molecule has 5 heteroatoms. The van der Waals surface area contributed by atoms with Crippen LogP contribution in [0.3, 0.4) is 0 Å². The van der Waals surface area contributed by atoms with Crippen molar-refractivity contribution in [1.82, 2.24) is 15.3 Å². The molecule has 0 saturated carbocycles. The molecule has 3 N–H and O–H groups in total. The summed E-state index contributed by atoms with van der Waals surface area (Å²) in [5, 5.41) is 6.96. The number of ether oxygens (including phenoxy) is 1. The van der Waals surface area contributed by atoms with Gasteiger partial charge in [-0.2, -0.15) is 0 Å². The van der Waals surface area contributed by atoms with E-state index in [0.717, 1.165) is 36.4 Å². The maximum absolute atomic E-state index is 5.85. The van der Waals surface area contributed by atoms with Gasteiger partial charge in [-0.3, -0.25) is 0 Å². The van der Waals surface area contributed by atoms with Crippen LogP contribution in [-0.2, 0) is 0 Å². The molecule has 1 aliphatic heterocycles.